The number of carboxylic acids is 1. The molecule has 0 spiro atoms. The van der Waals surface area contributed by atoms with Crippen LogP contribution in [0.3, 0.4) is 0 Å². The van der Waals surface area contributed by atoms with Gasteiger partial charge in [0.15, 0.2) is 11.5 Å². The lowest BCUT2D eigenvalue weighted by molar-refractivity contribution is 0.0690. The number of carbonyl (C=O) groups is 1. The van der Waals surface area contributed by atoms with Crippen molar-refractivity contribution < 1.29 is 9.90 Å². The first-order valence-electron chi connectivity index (χ1n) is 3.83. The molecule has 0 aliphatic carbocycles. The van der Waals surface area contributed by atoms with E-state index in [1.54, 1.807) is 12.1 Å². The second kappa shape index (κ2) is 3.25. The Balaban J connectivity index is 2.46. The van der Waals surface area contributed by atoms with Gasteiger partial charge in [0.1, 0.15) is 12.7 Å². The quantitative estimate of drug-likeness (QED) is 0.739. The highest BCUT2D eigenvalue weighted by Crippen LogP contribution is 2.03. The molecule has 2 aromatic heterocycles. The number of aromatic nitrogens is 4. The standard InChI is InChI=1S/C8H6N4O2/c13-8(14)6-2-1-3-7(11-6)12-5-9-4-10-12/h1-5H,(H,13,14). The average molecular weight is 190 g/mol. The molecule has 6 nitrogen and oxygen atoms in total. The molecule has 1 N–H and O–H groups in total. The summed E-state index contributed by atoms with van der Waals surface area (Å²) in [5.41, 5.74) is -0.0157. The zero-order valence-corrected chi connectivity index (χ0v) is 7.03. The van der Waals surface area contributed by atoms with Crippen molar-refractivity contribution in [3.8, 4) is 5.82 Å². The highest BCUT2D eigenvalue weighted by molar-refractivity contribution is 5.85. The fourth-order valence-corrected chi connectivity index (χ4v) is 0.997. The summed E-state index contributed by atoms with van der Waals surface area (Å²) in [5, 5.41) is 12.5. The van der Waals surface area contributed by atoms with Gasteiger partial charge in [0, 0.05) is 0 Å². The molecule has 6 heteroatoms. The number of nitrogens with zero attached hydrogens (tertiary/aromatic N) is 4. The number of pyridine rings is 1. The summed E-state index contributed by atoms with van der Waals surface area (Å²) in [4.78, 5) is 18.2. The van der Waals surface area contributed by atoms with Crippen molar-refractivity contribution in [3.05, 3.63) is 36.5 Å². The SMILES string of the molecule is O=C(O)c1cccc(-n2cncn2)n1. The molecular weight excluding hydrogens is 184 g/mol. The van der Waals surface area contributed by atoms with Gasteiger partial charge in [-0.05, 0) is 12.1 Å². The predicted octanol–water partition coefficient (Wildman–Crippen LogP) is 0.360. The predicted molar refractivity (Wildman–Crippen MR) is 46.1 cm³/mol. The van der Waals surface area contributed by atoms with E-state index in [0.29, 0.717) is 5.82 Å². The molecule has 0 amide bonds. The maximum Gasteiger partial charge on any atom is 0.354 e. The van der Waals surface area contributed by atoms with E-state index in [4.69, 9.17) is 5.11 Å². The van der Waals surface area contributed by atoms with Crippen molar-refractivity contribution in [2.45, 2.75) is 0 Å². The molecule has 0 atom stereocenters. The van der Waals surface area contributed by atoms with Crippen LogP contribution in [-0.2, 0) is 0 Å². The molecule has 70 valence electrons. The van der Waals surface area contributed by atoms with Crippen LogP contribution in [0.1, 0.15) is 10.5 Å². The van der Waals surface area contributed by atoms with E-state index >= 15 is 0 Å². The molecule has 0 saturated carbocycles. The molecule has 2 rings (SSSR count). The van der Waals surface area contributed by atoms with E-state index < -0.39 is 5.97 Å². The van der Waals surface area contributed by atoms with Crippen LogP contribution in [0.5, 0.6) is 0 Å². The Morgan fingerprint density at radius 3 is 2.93 bits per heavy atom. The molecule has 0 saturated heterocycles. The number of hydrogen-bond acceptors (Lipinski definition) is 4. The Morgan fingerprint density at radius 1 is 1.43 bits per heavy atom. The van der Waals surface area contributed by atoms with Crippen molar-refractivity contribution in [3.63, 3.8) is 0 Å². The van der Waals surface area contributed by atoms with Gasteiger partial charge in [0.2, 0.25) is 0 Å². The lowest BCUT2D eigenvalue weighted by atomic mass is 10.3. The highest BCUT2D eigenvalue weighted by atomic mass is 16.4. The first-order chi connectivity index (χ1) is 6.77. The van der Waals surface area contributed by atoms with Gasteiger partial charge in [-0.1, -0.05) is 6.07 Å². The molecule has 0 aromatic carbocycles. The van der Waals surface area contributed by atoms with Gasteiger partial charge in [-0.3, -0.25) is 0 Å². The van der Waals surface area contributed by atoms with Gasteiger partial charge in [-0.2, -0.15) is 5.10 Å². The van der Waals surface area contributed by atoms with Crippen LogP contribution in [0.15, 0.2) is 30.9 Å². The maximum atomic E-state index is 10.6. The van der Waals surface area contributed by atoms with E-state index in [-0.39, 0.29) is 5.69 Å². The van der Waals surface area contributed by atoms with Gasteiger partial charge in [-0.25, -0.2) is 19.4 Å². The zero-order chi connectivity index (χ0) is 9.97. The Bertz CT molecular complexity index is 452. The van der Waals surface area contributed by atoms with Gasteiger partial charge < -0.3 is 5.11 Å². The van der Waals surface area contributed by atoms with Crippen LogP contribution in [0.25, 0.3) is 5.82 Å². The number of rotatable bonds is 2. The highest BCUT2D eigenvalue weighted by Gasteiger charge is 2.05. The summed E-state index contributed by atoms with van der Waals surface area (Å²) in [7, 11) is 0. The van der Waals surface area contributed by atoms with Crippen LogP contribution >= 0.6 is 0 Å². The minimum atomic E-state index is -1.06. The van der Waals surface area contributed by atoms with Crippen LogP contribution in [-0.4, -0.2) is 30.8 Å². The molecule has 2 heterocycles. The summed E-state index contributed by atoms with van der Waals surface area (Å²) >= 11 is 0. The van der Waals surface area contributed by atoms with Crippen LogP contribution in [0.4, 0.5) is 0 Å². The molecule has 2 aromatic rings. The molecule has 14 heavy (non-hydrogen) atoms. The largest absolute Gasteiger partial charge is 0.477 e. The Morgan fingerprint density at radius 2 is 2.29 bits per heavy atom. The van der Waals surface area contributed by atoms with Crippen LogP contribution in [0, 0.1) is 0 Å². The molecular formula is C8H6N4O2. The molecule has 0 aliphatic heterocycles. The van der Waals surface area contributed by atoms with E-state index in [2.05, 4.69) is 15.1 Å². The Kier molecular flexibility index (Phi) is 1.94. The Hall–Kier alpha value is -2.24. The van der Waals surface area contributed by atoms with Gasteiger partial charge in [0.25, 0.3) is 0 Å². The van der Waals surface area contributed by atoms with Crippen molar-refractivity contribution in [2.75, 3.05) is 0 Å². The smallest absolute Gasteiger partial charge is 0.354 e. The fourth-order valence-electron chi connectivity index (χ4n) is 0.997. The minimum absolute atomic E-state index is 0.0157. The normalized spacial score (nSPS) is 10.0. The van der Waals surface area contributed by atoms with E-state index in [0.717, 1.165) is 0 Å². The lowest BCUT2D eigenvalue weighted by Gasteiger charge is -1.99. The van der Waals surface area contributed by atoms with Crippen LogP contribution in [0.2, 0.25) is 0 Å². The third-order valence-corrected chi connectivity index (χ3v) is 1.61. The van der Waals surface area contributed by atoms with Crippen molar-refractivity contribution in [1.82, 2.24) is 19.7 Å². The molecule has 0 radical (unpaired) electrons. The summed E-state index contributed by atoms with van der Waals surface area (Å²) < 4.78 is 1.40. The molecule has 0 unspecified atom stereocenters. The van der Waals surface area contributed by atoms with E-state index in [9.17, 15) is 4.79 Å². The second-order valence-electron chi connectivity index (χ2n) is 2.53. The summed E-state index contributed by atoms with van der Waals surface area (Å²) in [6.07, 6.45) is 2.81. The summed E-state index contributed by atoms with van der Waals surface area (Å²) in [5.74, 6) is -0.630. The first-order valence-corrected chi connectivity index (χ1v) is 3.83. The van der Waals surface area contributed by atoms with Crippen molar-refractivity contribution in [1.29, 1.82) is 0 Å². The number of hydrogen-bond donors (Lipinski definition) is 1. The molecule has 0 bridgehead atoms. The number of aromatic carboxylic acids is 1. The average Bonchev–Trinajstić information content (AvgIpc) is 2.71. The molecule has 0 fully saturated rings. The summed E-state index contributed by atoms with van der Waals surface area (Å²) in [6.45, 7) is 0. The Labute approximate surface area is 78.9 Å². The minimum Gasteiger partial charge on any atom is -0.477 e. The van der Waals surface area contributed by atoms with Crippen molar-refractivity contribution >= 4 is 5.97 Å². The maximum absolute atomic E-state index is 10.6. The summed E-state index contributed by atoms with van der Waals surface area (Å²) in [6, 6.07) is 4.68. The van der Waals surface area contributed by atoms with Crippen LogP contribution < -0.4 is 0 Å². The van der Waals surface area contributed by atoms with E-state index in [1.165, 1.54) is 23.4 Å². The third-order valence-electron chi connectivity index (χ3n) is 1.61. The third kappa shape index (κ3) is 1.45. The fraction of sp³-hybridized carbons (Fsp3) is 0. The van der Waals surface area contributed by atoms with Gasteiger partial charge in [0.05, 0.1) is 0 Å². The zero-order valence-electron chi connectivity index (χ0n) is 7.03. The van der Waals surface area contributed by atoms with Gasteiger partial charge >= 0.3 is 5.97 Å². The number of carboxylic acid groups (broad SMARTS) is 1. The van der Waals surface area contributed by atoms with E-state index in [1.807, 2.05) is 0 Å². The molecule has 0 aliphatic rings. The topological polar surface area (TPSA) is 80.9 Å². The van der Waals surface area contributed by atoms with Gasteiger partial charge in [-0.15, -0.1) is 0 Å². The first kappa shape index (κ1) is 8.36. The monoisotopic (exact) mass is 190 g/mol. The second-order valence-corrected chi connectivity index (χ2v) is 2.53. The van der Waals surface area contributed by atoms with Crippen molar-refractivity contribution in [2.24, 2.45) is 0 Å². The lowest BCUT2D eigenvalue weighted by Crippen LogP contribution is -2.04.